The van der Waals surface area contributed by atoms with Crippen molar-refractivity contribution < 1.29 is 13.2 Å². The zero-order valence-electron chi connectivity index (χ0n) is 8.72. The Morgan fingerprint density at radius 2 is 1.94 bits per heavy atom. The highest BCUT2D eigenvalue weighted by atomic mass is 19.4. The Bertz CT molecular complexity index is 350. The lowest BCUT2D eigenvalue weighted by Crippen LogP contribution is -2.09. The van der Waals surface area contributed by atoms with Gasteiger partial charge in [0.05, 0.1) is 16.9 Å². The predicted molar refractivity (Wildman–Crippen MR) is 55.6 cm³/mol. The molecule has 0 aliphatic carbocycles. The summed E-state index contributed by atoms with van der Waals surface area (Å²) in [7, 11) is 0. The van der Waals surface area contributed by atoms with Gasteiger partial charge < -0.3 is 11.5 Å². The molecule has 1 aromatic heterocycles. The Hall–Kier alpha value is -1.30. The number of anilines is 1. The van der Waals surface area contributed by atoms with Gasteiger partial charge in [-0.2, -0.15) is 13.2 Å². The molecule has 1 rings (SSSR count). The zero-order chi connectivity index (χ0) is 12.2. The molecule has 1 aromatic rings. The minimum atomic E-state index is -4.39. The Morgan fingerprint density at radius 3 is 2.44 bits per heavy atom. The van der Waals surface area contributed by atoms with Gasteiger partial charge in [0.15, 0.2) is 0 Å². The fourth-order valence-electron chi connectivity index (χ4n) is 1.31. The fraction of sp³-hybridized carbons (Fsp3) is 0.500. The average Bonchev–Trinajstić information content (AvgIpc) is 2.19. The van der Waals surface area contributed by atoms with Crippen LogP contribution < -0.4 is 11.5 Å². The van der Waals surface area contributed by atoms with Crippen LogP contribution in [0.5, 0.6) is 0 Å². The van der Waals surface area contributed by atoms with Gasteiger partial charge in [0.2, 0.25) is 0 Å². The van der Waals surface area contributed by atoms with E-state index >= 15 is 0 Å². The van der Waals surface area contributed by atoms with Crippen molar-refractivity contribution >= 4 is 5.69 Å². The number of nitrogen functional groups attached to an aromatic ring is 1. The van der Waals surface area contributed by atoms with Gasteiger partial charge >= 0.3 is 6.18 Å². The first-order valence-corrected chi connectivity index (χ1v) is 4.97. The lowest BCUT2D eigenvalue weighted by molar-refractivity contribution is -0.137. The van der Waals surface area contributed by atoms with Crippen LogP contribution in [-0.2, 0) is 12.6 Å². The lowest BCUT2D eigenvalue weighted by atomic mass is 10.1. The zero-order valence-corrected chi connectivity index (χ0v) is 8.72. The number of rotatable bonds is 4. The molecule has 0 aliphatic rings. The normalized spacial score (nSPS) is 11.8. The molecule has 0 atom stereocenters. The van der Waals surface area contributed by atoms with Crippen LogP contribution in [0, 0.1) is 0 Å². The maximum atomic E-state index is 12.3. The quantitative estimate of drug-likeness (QED) is 0.781. The van der Waals surface area contributed by atoms with Gasteiger partial charge in [0.25, 0.3) is 0 Å². The van der Waals surface area contributed by atoms with Crippen molar-refractivity contribution in [2.45, 2.75) is 25.4 Å². The third-order valence-electron chi connectivity index (χ3n) is 2.20. The average molecular weight is 233 g/mol. The molecule has 0 saturated heterocycles. The van der Waals surface area contributed by atoms with Gasteiger partial charge in [0.1, 0.15) is 0 Å². The van der Waals surface area contributed by atoms with Crippen molar-refractivity contribution in [2.75, 3.05) is 12.3 Å². The molecule has 0 unspecified atom stereocenters. The number of nitrogens with two attached hydrogens (primary N) is 2. The van der Waals surface area contributed by atoms with Crippen LogP contribution in [0.4, 0.5) is 18.9 Å². The number of hydrogen-bond acceptors (Lipinski definition) is 3. The number of hydrogen-bond donors (Lipinski definition) is 2. The Balaban J connectivity index is 2.76. The SMILES string of the molecule is NCCCCc1ncc(C(F)(F)F)cc1N. The second-order valence-electron chi connectivity index (χ2n) is 3.50. The molecule has 0 spiro atoms. The van der Waals surface area contributed by atoms with Gasteiger partial charge in [-0.05, 0) is 31.9 Å². The summed E-state index contributed by atoms with van der Waals surface area (Å²) in [5.74, 6) is 0. The molecule has 0 aromatic carbocycles. The van der Waals surface area contributed by atoms with Crippen molar-refractivity contribution in [3.05, 3.63) is 23.5 Å². The Morgan fingerprint density at radius 1 is 1.25 bits per heavy atom. The molecule has 0 radical (unpaired) electrons. The van der Waals surface area contributed by atoms with Crippen LogP contribution in [0.3, 0.4) is 0 Å². The second kappa shape index (κ2) is 5.16. The first-order valence-electron chi connectivity index (χ1n) is 4.97. The molecule has 4 N–H and O–H groups in total. The van der Waals surface area contributed by atoms with Crippen molar-refractivity contribution in [1.82, 2.24) is 4.98 Å². The van der Waals surface area contributed by atoms with E-state index in [-0.39, 0.29) is 5.69 Å². The maximum absolute atomic E-state index is 12.3. The first-order chi connectivity index (χ1) is 7.45. The monoisotopic (exact) mass is 233 g/mol. The van der Waals surface area contributed by atoms with E-state index in [2.05, 4.69) is 4.98 Å². The van der Waals surface area contributed by atoms with Crippen molar-refractivity contribution in [1.29, 1.82) is 0 Å². The molecule has 6 heteroatoms. The van der Waals surface area contributed by atoms with Crippen LogP contribution in [0.15, 0.2) is 12.3 Å². The topological polar surface area (TPSA) is 64.9 Å². The summed E-state index contributed by atoms with van der Waals surface area (Å²) >= 11 is 0. The number of nitrogens with zero attached hydrogens (tertiary/aromatic N) is 1. The number of aromatic nitrogens is 1. The molecule has 0 fully saturated rings. The maximum Gasteiger partial charge on any atom is 0.417 e. The summed E-state index contributed by atoms with van der Waals surface area (Å²) in [6.07, 6.45) is -1.44. The largest absolute Gasteiger partial charge is 0.417 e. The summed E-state index contributed by atoms with van der Waals surface area (Å²) in [6.45, 7) is 0.556. The molecular weight excluding hydrogens is 219 g/mol. The van der Waals surface area contributed by atoms with Crippen LogP contribution in [-0.4, -0.2) is 11.5 Å². The molecule has 3 nitrogen and oxygen atoms in total. The summed E-state index contributed by atoms with van der Waals surface area (Å²) in [4.78, 5) is 3.73. The van der Waals surface area contributed by atoms with E-state index in [0.717, 1.165) is 25.1 Å². The molecule has 1 heterocycles. The van der Waals surface area contributed by atoms with E-state index in [1.807, 2.05) is 0 Å². The van der Waals surface area contributed by atoms with E-state index in [4.69, 9.17) is 11.5 Å². The Kier molecular flexibility index (Phi) is 4.12. The van der Waals surface area contributed by atoms with Gasteiger partial charge in [-0.15, -0.1) is 0 Å². The highest BCUT2D eigenvalue weighted by Crippen LogP contribution is 2.30. The molecule has 16 heavy (non-hydrogen) atoms. The van der Waals surface area contributed by atoms with E-state index in [0.29, 0.717) is 18.7 Å². The summed E-state index contributed by atoms with van der Waals surface area (Å²) in [5, 5.41) is 0. The predicted octanol–water partition coefficient (Wildman–Crippen LogP) is 1.96. The highest BCUT2D eigenvalue weighted by molar-refractivity contribution is 5.45. The van der Waals surface area contributed by atoms with Crippen LogP contribution in [0.25, 0.3) is 0 Å². The second-order valence-corrected chi connectivity index (χ2v) is 3.50. The number of unbranched alkanes of at least 4 members (excludes halogenated alkanes) is 1. The summed E-state index contributed by atoms with van der Waals surface area (Å²) in [5.41, 5.74) is 10.6. The van der Waals surface area contributed by atoms with Crippen molar-refractivity contribution in [3.63, 3.8) is 0 Å². The third kappa shape index (κ3) is 3.37. The Labute approximate surface area is 91.7 Å². The van der Waals surface area contributed by atoms with Gasteiger partial charge in [-0.25, -0.2) is 0 Å². The minimum absolute atomic E-state index is 0.0897. The number of aryl methyl sites for hydroxylation is 1. The van der Waals surface area contributed by atoms with Crippen LogP contribution in [0.1, 0.15) is 24.1 Å². The number of halogens is 3. The number of pyridine rings is 1. The highest BCUT2D eigenvalue weighted by Gasteiger charge is 2.31. The van der Waals surface area contributed by atoms with Crippen LogP contribution in [0.2, 0.25) is 0 Å². The van der Waals surface area contributed by atoms with Crippen molar-refractivity contribution in [2.24, 2.45) is 5.73 Å². The van der Waals surface area contributed by atoms with Gasteiger partial charge in [-0.1, -0.05) is 0 Å². The summed E-state index contributed by atoms with van der Waals surface area (Å²) in [6, 6.07) is 0.921. The number of alkyl halides is 3. The smallest absolute Gasteiger partial charge is 0.397 e. The third-order valence-corrected chi connectivity index (χ3v) is 2.20. The lowest BCUT2D eigenvalue weighted by Gasteiger charge is -2.09. The van der Waals surface area contributed by atoms with E-state index in [1.165, 1.54) is 0 Å². The molecule has 90 valence electrons. The van der Waals surface area contributed by atoms with Crippen LogP contribution >= 0.6 is 0 Å². The molecule has 0 amide bonds. The van der Waals surface area contributed by atoms with E-state index < -0.39 is 11.7 Å². The first kappa shape index (κ1) is 12.8. The van der Waals surface area contributed by atoms with Gasteiger partial charge in [0, 0.05) is 6.20 Å². The van der Waals surface area contributed by atoms with Crippen molar-refractivity contribution in [3.8, 4) is 0 Å². The van der Waals surface area contributed by atoms with E-state index in [1.54, 1.807) is 0 Å². The molecular formula is C10H14F3N3. The molecule has 0 aliphatic heterocycles. The minimum Gasteiger partial charge on any atom is -0.397 e. The molecule has 0 bridgehead atoms. The van der Waals surface area contributed by atoms with E-state index in [9.17, 15) is 13.2 Å². The fourth-order valence-corrected chi connectivity index (χ4v) is 1.31. The summed E-state index contributed by atoms with van der Waals surface area (Å²) < 4.78 is 36.9. The van der Waals surface area contributed by atoms with Gasteiger partial charge in [-0.3, -0.25) is 4.98 Å². The standard InChI is InChI=1S/C10H14F3N3/c11-10(12,13)7-5-8(15)9(16-6-7)3-1-2-4-14/h5-6H,1-4,14-15H2. The molecule has 0 saturated carbocycles.